The maximum atomic E-state index is 12.0. The average molecular weight is 375 g/mol. The van der Waals surface area contributed by atoms with Crippen LogP contribution in [0.5, 0.6) is 0 Å². The second-order valence-electron chi connectivity index (χ2n) is 4.84. The Bertz CT molecular complexity index is 725. The van der Waals surface area contributed by atoms with Gasteiger partial charge in [-0.05, 0) is 58.2 Å². The summed E-state index contributed by atoms with van der Waals surface area (Å²) in [6.07, 6.45) is 0. The Labute approximate surface area is 142 Å². The molecule has 22 heavy (non-hydrogen) atoms. The maximum absolute atomic E-state index is 12.0. The highest BCUT2D eigenvalue weighted by atomic mass is 79.9. The molecule has 2 rings (SSSR count). The van der Waals surface area contributed by atoms with Gasteiger partial charge in [-0.3, -0.25) is 4.79 Å². The molecule has 0 unspecified atom stereocenters. The highest BCUT2D eigenvalue weighted by Gasteiger charge is 2.06. The molecule has 0 aliphatic heterocycles. The van der Waals surface area contributed by atoms with Crippen LogP contribution in [0.1, 0.15) is 16.7 Å². The van der Waals surface area contributed by atoms with Crippen LogP contribution in [-0.4, -0.2) is 11.7 Å². The number of carbonyl (C=O) groups is 1. The molecular weight excluding hydrogens is 360 g/mol. The Morgan fingerprint density at radius 2 is 2.14 bits per heavy atom. The number of hydrogen-bond acceptors (Lipinski definition) is 3. The molecule has 1 N–H and O–H groups in total. The summed E-state index contributed by atoms with van der Waals surface area (Å²) in [5, 5.41) is 11.7. The van der Waals surface area contributed by atoms with E-state index in [4.69, 9.17) is 5.26 Å². The predicted molar refractivity (Wildman–Crippen MR) is 94.8 cm³/mol. The van der Waals surface area contributed by atoms with Gasteiger partial charge in [0.15, 0.2) is 0 Å². The quantitative estimate of drug-likeness (QED) is 0.837. The molecule has 0 aliphatic rings. The number of halogens is 1. The lowest BCUT2D eigenvalue weighted by molar-refractivity contribution is -0.113. The number of thioether (sulfide) groups is 1. The van der Waals surface area contributed by atoms with Gasteiger partial charge < -0.3 is 5.32 Å². The highest BCUT2D eigenvalue weighted by Crippen LogP contribution is 2.23. The largest absolute Gasteiger partial charge is 0.324 e. The summed E-state index contributed by atoms with van der Waals surface area (Å²) < 4.78 is 0.882. The van der Waals surface area contributed by atoms with Crippen molar-refractivity contribution < 1.29 is 4.79 Å². The van der Waals surface area contributed by atoms with Crippen LogP contribution in [0, 0.1) is 18.3 Å². The van der Waals surface area contributed by atoms with Crippen LogP contribution in [0.3, 0.4) is 0 Å². The van der Waals surface area contributed by atoms with E-state index in [1.165, 1.54) is 11.8 Å². The predicted octanol–water partition coefficient (Wildman–Crippen LogP) is 4.50. The smallest absolute Gasteiger partial charge is 0.234 e. The fourth-order valence-corrected chi connectivity index (χ4v) is 3.27. The first-order valence-electron chi connectivity index (χ1n) is 6.71. The first-order chi connectivity index (χ1) is 10.6. The summed E-state index contributed by atoms with van der Waals surface area (Å²) in [7, 11) is 0. The third-order valence-electron chi connectivity index (χ3n) is 2.96. The Morgan fingerprint density at radius 1 is 1.32 bits per heavy atom. The van der Waals surface area contributed by atoms with Crippen molar-refractivity contribution in [3.05, 3.63) is 63.6 Å². The van der Waals surface area contributed by atoms with Gasteiger partial charge in [-0.15, -0.1) is 11.8 Å². The monoisotopic (exact) mass is 374 g/mol. The molecule has 1 amide bonds. The van der Waals surface area contributed by atoms with Crippen molar-refractivity contribution in [3.63, 3.8) is 0 Å². The Hall–Kier alpha value is -1.77. The maximum Gasteiger partial charge on any atom is 0.234 e. The van der Waals surface area contributed by atoms with Gasteiger partial charge >= 0.3 is 0 Å². The van der Waals surface area contributed by atoms with Crippen LogP contribution in [0.15, 0.2) is 46.9 Å². The van der Waals surface area contributed by atoms with Gasteiger partial charge in [-0.25, -0.2) is 0 Å². The number of benzene rings is 2. The van der Waals surface area contributed by atoms with Crippen molar-refractivity contribution in [1.29, 1.82) is 5.26 Å². The van der Waals surface area contributed by atoms with Gasteiger partial charge in [0.2, 0.25) is 5.91 Å². The molecular formula is C17H15BrN2OS. The van der Waals surface area contributed by atoms with Crippen LogP contribution in [0.25, 0.3) is 0 Å². The molecule has 0 radical (unpaired) electrons. The van der Waals surface area contributed by atoms with Crippen molar-refractivity contribution in [2.75, 3.05) is 11.1 Å². The normalized spacial score (nSPS) is 10.0. The van der Waals surface area contributed by atoms with Crippen molar-refractivity contribution in [2.45, 2.75) is 12.7 Å². The lowest BCUT2D eigenvalue weighted by atomic mass is 10.2. The molecule has 0 bridgehead atoms. The molecule has 112 valence electrons. The fourth-order valence-electron chi connectivity index (χ4n) is 1.90. The molecule has 0 heterocycles. The number of anilines is 1. The number of nitrogens with one attached hydrogen (secondary N) is 1. The van der Waals surface area contributed by atoms with Crippen molar-refractivity contribution >= 4 is 39.3 Å². The van der Waals surface area contributed by atoms with Crippen molar-refractivity contribution in [3.8, 4) is 6.07 Å². The van der Waals surface area contributed by atoms with Crippen LogP contribution < -0.4 is 5.32 Å². The van der Waals surface area contributed by atoms with Gasteiger partial charge in [-0.1, -0.05) is 18.2 Å². The fraction of sp³-hybridized carbons (Fsp3) is 0.176. The summed E-state index contributed by atoms with van der Waals surface area (Å²) >= 11 is 4.97. The van der Waals surface area contributed by atoms with E-state index in [1.807, 2.05) is 43.3 Å². The molecule has 0 spiro atoms. The molecule has 0 aromatic heterocycles. The van der Waals surface area contributed by atoms with Crippen molar-refractivity contribution in [2.24, 2.45) is 0 Å². The van der Waals surface area contributed by atoms with Gasteiger partial charge in [0.1, 0.15) is 0 Å². The molecule has 5 heteroatoms. The van der Waals surface area contributed by atoms with E-state index >= 15 is 0 Å². The lowest BCUT2D eigenvalue weighted by Crippen LogP contribution is -2.14. The van der Waals surface area contributed by atoms with Crippen LogP contribution >= 0.6 is 27.7 Å². The number of rotatable bonds is 5. The van der Waals surface area contributed by atoms with Crippen LogP contribution in [0.2, 0.25) is 0 Å². The number of aryl methyl sites for hydroxylation is 1. The van der Waals surface area contributed by atoms with E-state index in [-0.39, 0.29) is 5.91 Å². The zero-order valence-corrected chi connectivity index (χ0v) is 14.5. The SMILES string of the molecule is Cc1ccc(NC(=O)CSCc2cccc(C#N)c2)c(Br)c1. The van der Waals surface area contributed by atoms with Gasteiger partial charge in [0.25, 0.3) is 0 Å². The minimum atomic E-state index is -0.0361. The van der Waals surface area contributed by atoms with E-state index < -0.39 is 0 Å². The number of nitriles is 1. The molecule has 2 aromatic carbocycles. The first kappa shape index (κ1) is 16.6. The van der Waals surface area contributed by atoms with Gasteiger partial charge in [-0.2, -0.15) is 5.26 Å². The molecule has 0 saturated heterocycles. The van der Waals surface area contributed by atoms with E-state index in [2.05, 4.69) is 27.3 Å². The average Bonchev–Trinajstić information content (AvgIpc) is 2.50. The van der Waals surface area contributed by atoms with Gasteiger partial charge in [0, 0.05) is 10.2 Å². The van der Waals surface area contributed by atoms with E-state index in [0.717, 1.165) is 21.3 Å². The molecule has 3 nitrogen and oxygen atoms in total. The topological polar surface area (TPSA) is 52.9 Å². The zero-order chi connectivity index (χ0) is 15.9. The number of amides is 1. The van der Waals surface area contributed by atoms with Gasteiger partial charge in [0.05, 0.1) is 23.1 Å². The zero-order valence-electron chi connectivity index (χ0n) is 12.1. The summed E-state index contributed by atoms with van der Waals surface area (Å²) in [6, 6.07) is 15.4. The van der Waals surface area contributed by atoms with Crippen LogP contribution in [0.4, 0.5) is 5.69 Å². The second kappa shape index (κ2) is 8.02. The minimum Gasteiger partial charge on any atom is -0.324 e. The van der Waals surface area contributed by atoms with E-state index in [9.17, 15) is 4.79 Å². The molecule has 0 fully saturated rings. The summed E-state index contributed by atoms with van der Waals surface area (Å²) in [5.41, 5.74) is 3.61. The number of carbonyl (C=O) groups excluding carboxylic acids is 1. The second-order valence-corrected chi connectivity index (χ2v) is 6.68. The standard InChI is InChI=1S/C17H15BrN2OS/c1-12-5-6-16(15(18)7-12)20-17(21)11-22-10-14-4-2-3-13(8-14)9-19/h2-8H,10-11H2,1H3,(H,20,21). The molecule has 0 aliphatic carbocycles. The third-order valence-corrected chi connectivity index (χ3v) is 4.62. The number of nitrogens with zero attached hydrogens (tertiary/aromatic N) is 1. The molecule has 2 aromatic rings. The van der Waals surface area contributed by atoms with Crippen molar-refractivity contribution in [1.82, 2.24) is 0 Å². The number of hydrogen-bond donors (Lipinski definition) is 1. The lowest BCUT2D eigenvalue weighted by Gasteiger charge is -2.08. The van der Waals surface area contributed by atoms with Crippen LogP contribution in [-0.2, 0) is 10.5 Å². The summed E-state index contributed by atoms with van der Waals surface area (Å²) in [5.74, 6) is 1.04. The summed E-state index contributed by atoms with van der Waals surface area (Å²) in [6.45, 7) is 2.00. The third kappa shape index (κ3) is 4.90. The molecule has 0 atom stereocenters. The first-order valence-corrected chi connectivity index (χ1v) is 8.66. The van der Waals surface area contributed by atoms with E-state index in [0.29, 0.717) is 17.1 Å². The molecule has 0 saturated carbocycles. The Morgan fingerprint density at radius 3 is 2.86 bits per heavy atom. The Kier molecular flexibility index (Phi) is 6.05. The highest BCUT2D eigenvalue weighted by molar-refractivity contribution is 9.10. The summed E-state index contributed by atoms with van der Waals surface area (Å²) in [4.78, 5) is 12.0. The minimum absolute atomic E-state index is 0.0361. The van der Waals surface area contributed by atoms with E-state index in [1.54, 1.807) is 6.07 Å². The Balaban J connectivity index is 1.84.